The van der Waals surface area contributed by atoms with Gasteiger partial charge in [0.2, 0.25) is 0 Å². The SMILES string of the molecule is CC/C=C/NCc1ccccc1C(C)=O. The van der Waals surface area contributed by atoms with Crippen LogP contribution in [0.3, 0.4) is 0 Å². The molecule has 0 heterocycles. The second-order valence-electron chi connectivity index (χ2n) is 3.40. The summed E-state index contributed by atoms with van der Waals surface area (Å²) in [5, 5.41) is 3.17. The zero-order valence-electron chi connectivity index (χ0n) is 9.29. The molecule has 1 N–H and O–H groups in total. The van der Waals surface area contributed by atoms with E-state index in [0.29, 0.717) is 6.54 Å². The second-order valence-corrected chi connectivity index (χ2v) is 3.40. The van der Waals surface area contributed by atoms with Crippen molar-refractivity contribution in [3.8, 4) is 0 Å². The first-order chi connectivity index (χ1) is 7.25. The number of nitrogens with one attached hydrogen (secondary N) is 1. The summed E-state index contributed by atoms with van der Waals surface area (Å²) in [6.45, 7) is 4.38. The van der Waals surface area contributed by atoms with Crippen LogP contribution in [0.5, 0.6) is 0 Å². The van der Waals surface area contributed by atoms with E-state index >= 15 is 0 Å². The lowest BCUT2D eigenvalue weighted by atomic mass is 10.0. The van der Waals surface area contributed by atoms with E-state index in [1.165, 1.54) is 0 Å². The summed E-state index contributed by atoms with van der Waals surface area (Å²) in [6, 6.07) is 7.68. The standard InChI is InChI=1S/C13H17NO/c1-3-4-9-14-10-12-7-5-6-8-13(12)11(2)15/h4-9,14H,3,10H2,1-2H3/b9-4+. The summed E-state index contributed by atoms with van der Waals surface area (Å²) < 4.78 is 0. The van der Waals surface area contributed by atoms with Gasteiger partial charge < -0.3 is 5.32 Å². The number of Topliss-reactive ketones (excluding diaryl/α,β-unsaturated/α-hetero) is 1. The minimum atomic E-state index is 0.117. The molecule has 0 aliphatic heterocycles. The minimum Gasteiger partial charge on any atom is -0.387 e. The van der Waals surface area contributed by atoms with Crippen molar-refractivity contribution in [3.05, 3.63) is 47.7 Å². The highest BCUT2D eigenvalue weighted by Crippen LogP contribution is 2.08. The van der Waals surface area contributed by atoms with E-state index in [1.54, 1.807) is 6.92 Å². The highest BCUT2D eigenvalue weighted by molar-refractivity contribution is 5.95. The number of ketones is 1. The number of allylic oxidation sites excluding steroid dienone is 1. The first kappa shape index (κ1) is 11.5. The molecule has 0 saturated carbocycles. The van der Waals surface area contributed by atoms with Gasteiger partial charge in [-0.1, -0.05) is 37.3 Å². The van der Waals surface area contributed by atoms with Crippen LogP contribution in [0.15, 0.2) is 36.5 Å². The highest BCUT2D eigenvalue weighted by atomic mass is 16.1. The van der Waals surface area contributed by atoms with Gasteiger partial charge in [-0.15, -0.1) is 0 Å². The van der Waals surface area contributed by atoms with Crippen molar-refractivity contribution in [1.29, 1.82) is 0 Å². The van der Waals surface area contributed by atoms with Gasteiger partial charge in [-0.2, -0.15) is 0 Å². The number of benzene rings is 1. The monoisotopic (exact) mass is 203 g/mol. The Morgan fingerprint density at radius 2 is 2.13 bits per heavy atom. The van der Waals surface area contributed by atoms with E-state index in [2.05, 4.69) is 18.3 Å². The van der Waals surface area contributed by atoms with Crippen LogP contribution in [0.4, 0.5) is 0 Å². The number of carbonyl (C=O) groups is 1. The topological polar surface area (TPSA) is 29.1 Å². The van der Waals surface area contributed by atoms with Gasteiger partial charge in [-0.05, 0) is 25.1 Å². The van der Waals surface area contributed by atoms with Crippen LogP contribution in [0.1, 0.15) is 36.2 Å². The lowest BCUT2D eigenvalue weighted by molar-refractivity contribution is 0.101. The maximum Gasteiger partial charge on any atom is 0.160 e. The Morgan fingerprint density at radius 1 is 1.40 bits per heavy atom. The Kier molecular flexibility index (Phi) is 4.61. The third kappa shape index (κ3) is 3.58. The number of hydrogen-bond acceptors (Lipinski definition) is 2. The number of rotatable bonds is 5. The Balaban J connectivity index is 2.67. The Bertz CT molecular complexity index is 355. The van der Waals surface area contributed by atoms with Gasteiger partial charge in [0.05, 0.1) is 0 Å². The first-order valence-electron chi connectivity index (χ1n) is 5.23. The lowest BCUT2D eigenvalue weighted by Gasteiger charge is -2.06. The van der Waals surface area contributed by atoms with Crippen LogP contribution in [0.25, 0.3) is 0 Å². The maximum absolute atomic E-state index is 11.3. The molecule has 1 aromatic rings. The fraction of sp³-hybridized carbons (Fsp3) is 0.308. The van der Waals surface area contributed by atoms with Gasteiger partial charge in [0, 0.05) is 12.1 Å². The van der Waals surface area contributed by atoms with E-state index in [9.17, 15) is 4.79 Å². The molecule has 1 aromatic carbocycles. The van der Waals surface area contributed by atoms with Crippen molar-refractivity contribution in [3.63, 3.8) is 0 Å². The molecule has 0 saturated heterocycles. The van der Waals surface area contributed by atoms with Gasteiger partial charge in [0.25, 0.3) is 0 Å². The average molecular weight is 203 g/mol. The average Bonchev–Trinajstić information content (AvgIpc) is 2.25. The second kappa shape index (κ2) is 6.02. The molecule has 15 heavy (non-hydrogen) atoms. The molecular weight excluding hydrogens is 186 g/mol. The molecule has 0 bridgehead atoms. The van der Waals surface area contributed by atoms with Gasteiger partial charge >= 0.3 is 0 Å². The van der Waals surface area contributed by atoms with Gasteiger partial charge in [0.1, 0.15) is 0 Å². The summed E-state index contributed by atoms with van der Waals surface area (Å²) in [6.07, 6.45) is 4.99. The van der Waals surface area contributed by atoms with Gasteiger partial charge in [-0.3, -0.25) is 4.79 Å². The highest BCUT2D eigenvalue weighted by Gasteiger charge is 2.04. The zero-order valence-corrected chi connectivity index (χ0v) is 9.29. The molecule has 2 nitrogen and oxygen atoms in total. The normalized spacial score (nSPS) is 10.5. The predicted molar refractivity (Wildman–Crippen MR) is 62.7 cm³/mol. The quantitative estimate of drug-likeness (QED) is 0.745. The molecule has 0 aliphatic carbocycles. The van der Waals surface area contributed by atoms with Gasteiger partial charge in [0.15, 0.2) is 5.78 Å². The smallest absolute Gasteiger partial charge is 0.160 e. The molecule has 1 rings (SSSR count). The van der Waals surface area contributed by atoms with Crippen molar-refractivity contribution >= 4 is 5.78 Å². The summed E-state index contributed by atoms with van der Waals surface area (Å²) in [7, 11) is 0. The van der Waals surface area contributed by atoms with Crippen LogP contribution in [-0.4, -0.2) is 5.78 Å². The van der Waals surface area contributed by atoms with Crippen LogP contribution in [0.2, 0.25) is 0 Å². The molecule has 0 atom stereocenters. The van der Waals surface area contributed by atoms with Crippen LogP contribution in [0, 0.1) is 0 Å². The molecule has 0 amide bonds. The summed E-state index contributed by atoms with van der Waals surface area (Å²) in [4.78, 5) is 11.3. The lowest BCUT2D eigenvalue weighted by Crippen LogP contribution is -2.08. The van der Waals surface area contributed by atoms with Crippen molar-refractivity contribution in [2.45, 2.75) is 26.8 Å². The van der Waals surface area contributed by atoms with Crippen molar-refractivity contribution in [2.75, 3.05) is 0 Å². The Labute approximate surface area is 91.0 Å². The molecule has 0 fully saturated rings. The molecule has 0 aromatic heterocycles. The van der Waals surface area contributed by atoms with Crippen molar-refractivity contribution in [2.24, 2.45) is 0 Å². The van der Waals surface area contributed by atoms with E-state index in [0.717, 1.165) is 17.5 Å². The minimum absolute atomic E-state index is 0.117. The molecule has 0 aliphatic rings. The van der Waals surface area contributed by atoms with Gasteiger partial charge in [-0.25, -0.2) is 0 Å². The third-order valence-corrected chi connectivity index (χ3v) is 2.16. The third-order valence-electron chi connectivity index (χ3n) is 2.16. The zero-order chi connectivity index (χ0) is 11.1. The maximum atomic E-state index is 11.3. The van der Waals surface area contributed by atoms with Crippen LogP contribution < -0.4 is 5.32 Å². The fourth-order valence-corrected chi connectivity index (χ4v) is 1.39. The van der Waals surface area contributed by atoms with E-state index < -0.39 is 0 Å². The summed E-state index contributed by atoms with van der Waals surface area (Å²) >= 11 is 0. The number of carbonyl (C=O) groups excluding carboxylic acids is 1. The summed E-state index contributed by atoms with van der Waals surface area (Å²) in [5.41, 5.74) is 1.85. The molecule has 0 spiro atoms. The van der Waals surface area contributed by atoms with E-state index in [4.69, 9.17) is 0 Å². The van der Waals surface area contributed by atoms with E-state index in [-0.39, 0.29) is 5.78 Å². The first-order valence-corrected chi connectivity index (χ1v) is 5.23. The summed E-state index contributed by atoms with van der Waals surface area (Å²) in [5.74, 6) is 0.117. The molecule has 80 valence electrons. The Morgan fingerprint density at radius 3 is 2.80 bits per heavy atom. The number of hydrogen-bond donors (Lipinski definition) is 1. The van der Waals surface area contributed by atoms with Crippen molar-refractivity contribution < 1.29 is 4.79 Å². The molecule has 0 unspecified atom stereocenters. The predicted octanol–water partition coefficient (Wildman–Crippen LogP) is 2.90. The molecule has 0 radical (unpaired) electrons. The van der Waals surface area contributed by atoms with Crippen LogP contribution in [-0.2, 0) is 6.54 Å². The van der Waals surface area contributed by atoms with Crippen LogP contribution >= 0.6 is 0 Å². The largest absolute Gasteiger partial charge is 0.387 e. The molecular formula is C13H17NO. The Hall–Kier alpha value is -1.57. The van der Waals surface area contributed by atoms with Crippen molar-refractivity contribution in [1.82, 2.24) is 5.32 Å². The van der Waals surface area contributed by atoms with E-state index in [1.807, 2.05) is 30.5 Å². The molecule has 2 heteroatoms. The fourth-order valence-electron chi connectivity index (χ4n) is 1.39.